The number of nitrogens with zero attached hydrogens (tertiary/aromatic N) is 6. The summed E-state index contributed by atoms with van der Waals surface area (Å²) in [5, 5.41) is 18.1. The second kappa shape index (κ2) is 25.2. The van der Waals surface area contributed by atoms with E-state index in [1.807, 2.05) is 103 Å². The summed E-state index contributed by atoms with van der Waals surface area (Å²) < 4.78 is 18.7. The molecule has 0 aliphatic heterocycles. The number of aromatic nitrogens is 6. The predicted molar refractivity (Wildman–Crippen MR) is 441 cm³/mol. The summed E-state index contributed by atoms with van der Waals surface area (Å²) in [5.41, 5.74) is 22.2. The minimum Gasteiger partial charge on any atom is -0.456 e. The first-order valence-electron chi connectivity index (χ1n) is 35.9. The van der Waals surface area contributed by atoms with E-state index in [4.69, 9.17) is 43.2 Å². The van der Waals surface area contributed by atoms with Crippen molar-refractivity contribution in [2.45, 2.75) is 0 Å². The molecule has 498 valence electrons. The highest BCUT2D eigenvalue weighted by Gasteiger charge is 2.23. The van der Waals surface area contributed by atoms with Crippen molar-refractivity contribution in [3.8, 4) is 67.5 Å². The van der Waals surface area contributed by atoms with Gasteiger partial charge in [0.1, 0.15) is 33.5 Å². The van der Waals surface area contributed by atoms with Gasteiger partial charge in [-0.25, -0.2) is 29.9 Å². The van der Waals surface area contributed by atoms with Gasteiger partial charge in [0.05, 0.1) is 67.3 Å². The number of furan rings is 3. The topological polar surface area (TPSA) is 117 Å². The molecule has 0 saturated heterocycles. The van der Waals surface area contributed by atoms with Crippen LogP contribution in [0.3, 0.4) is 0 Å². The van der Waals surface area contributed by atoms with Crippen LogP contribution in [0, 0.1) is 0 Å². The maximum absolute atomic E-state index is 6.26. The summed E-state index contributed by atoms with van der Waals surface area (Å²) >= 11 is 0. The molecule has 23 rings (SSSR count). The highest BCUT2D eigenvalue weighted by atomic mass is 16.3. The first-order valence-corrected chi connectivity index (χ1v) is 35.9. The third kappa shape index (κ3) is 10.5. The van der Waals surface area contributed by atoms with Crippen molar-refractivity contribution >= 4 is 153 Å². The number of hydrogen-bond acceptors (Lipinski definition) is 9. The van der Waals surface area contributed by atoms with Crippen LogP contribution in [0.5, 0.6) is 0 Å². The van der Waals surface area contributed by atoms with Crippen LogP contribution in [0.15, 0.2) is 365 Å². The van der Waals surface area contributed by atoms with E-state index in [1.165, 1.54) is 0 Å². The SMILES string of the molecule is c1ccc(-c2nc3c(ccc4ccccc43)nc2-c2cccc3cc4c(cc23)oc2ccccc24)cc1.c1ccc(-c2nc3ccc4ccccc4c3nc2-c2cccc3cc4c(cc23)oc2ccccc24)cc1.c1ccc(-c2nc3ccccc3nc2-c2cccc3cc4c(cc23)oc2ccccc24)cc1. The molecule has 0 aliphatic carbocycles. The second-order valence-corrected chi connectivity index (χ2v) is 27.1. The van der Waals surface area contributed by atoms with Gasteiger partial charge in [0.25, 0.3) is 0 Å². The maximum atomic E-state index is 6.26. The van der Waals surface area contributed by atoms with Gasteiger partial charge in [-0.1, -0.05) is 273 Å². The number of benzene rings is 17. The Morgan fingerprint density at radius 2 is 0.449 bits per heavy atom. The van der Waals surface area contributed by atoms with E-state index in [0.717, 1.165) is 220 Å². The Morgan fingerprint density at radius 3 is 0.850 bits per heavy atom. The minimum absolute atomic E-state index is 0.870. The third-order valence-corrected chi connectivity index (χ3v) is 20.7. The maximum Gasteiger partial charge on any atom is 0.136 e. The Balaban J connectivity index is 0.000000103. The monoisotopic (exact) mass is 1370 g/mol. The van der Waals surface area contributed by atoms with Crippen molar-refractivity contribution < 1.29 is 13.3 Å². The summed E-state index contributed by atoms with van der Waals surface area (Å²) in [6, 6.07) is 121. The van der Waals surface area contributed by atoms with Crippen LogP contribution in [-0.4, -0.2) is 29.9 Å². The van der Waals surface area contributed by atoms with Gasteiger partial charge < -0.3 is 13.3 Å². The van der Waals surface area contributed by atoms with Crippen LogP contribution in [0.1, 0.15) is 0 Å². The molecule has 0 saturated carbocycles. The lowest BCUT2D eigenvalue weighted by Crippen LogP contribution is -1.97. The molecule has 6 aromatic heterocycles. The van der Waals surface area contributed by atoms with Gasteiger partial charge >= 0.3 is 0 Å². The molecule has 0 spiro atoms. The van der Waals surface area contributed by atoms with E-state index in [2.05, 4.69) is 249 Å². The molecular weight excluding hydrogens is 1310 g/mol. The molecule has 0 N–H and O–H groups in total. The van der Waals surface area contributed by atoms with Crippen LogP contribution in [0.4, 0.5) is 0 Å². The van der Waals surface area contributed by atoms with E-state index in [1.54, 1.807) is 0 Å². The molecule has 0 radical (unpaired) electrons. The van der Waals surface area contributed by atoms with Gasteiger partial charge in [-0.2, -0.15) is 0 Å². The Bertz CT molecular complexity index is 7520. The van der Waals surface area contributed by atoms with Crippen molar-refractivity contribution in [3.05, 3.63) is 352 Å². The van der Waals surface area contributed by atoms with Crippen LogP contribution >= 0.6 is 0 Å². The normalized spacial score (nSPS) is 11.7. The molecule has 107 heavy (non-hydrogen) atoms. The largest absolute Gasteiger partial charge is 0.456 e. The van der Waals surface area contributed by atoms with Crippen molar-refractivity contribution in [2.24, 2.45) is 0 Å². The minimum atomic E-state index is 0.870. The fraction of sp³-hybridized carbons (Fsp3) is 0. The summed E-state index contributed by atoms with van der Waals surface area (Å²) in [7, 11) is 0. The summed E-state index contributed by atoms with van der Waals surface area (Å²) in [5.74, 6) is 0. The van der Waals surface area contributed by atoms with Crippen LogP contribution < -0.4 is 0 Å². The molecule has 9 heteroatoms. The number of rotatable bonds is 6. The first-order chi connectivity index (χ1) is 53.0. The number of fused-ring (bicyclic) bond motifs is 19. The standard InChI is InChI=1S/2C34H20N2O.C30H18N2O/c1-2-10-22(11-3-1)32-34(35-29-18-17-21-9-4-5-13-24(21)33(29)36-32)26-15-8-12-23-19-28-25-14-6-7-16-30(25)37-31(28)20-27(23)26;1-2-10-22(11-3-1)32-34(36-33-24-13-5-4-9-21(24)17-18-29(33)35-32)26-15-8-12-23-19-28-25-14-6-7-16-30(25)37-31(28)20-27(23)26;1-2-9-19(10-3-1)29-30(32-26-15-6-5-14-25(26)31-29)22-13-8-11-20-17-24-21-12-4-7-16-27(21)33-28(24)18-23(20)22/h2*1-20H;1-18H. The quantitative estimate of drug-likeness (QED) is 0.150. The summed E-state index contributed by atoms with van der Waals surface area (Å²) in [4.78, 5) is 31.2. The highest BCUT2D eigenvalue weighted by molar-refractivity contribution is 6.17. The highest BCUT2D eigenvalue weighted by Crippen LogP contribution is 2.44. The third-order valence-electron chi connectivity index (χ3n) is 20.7. The molecule has 0 bridgehead atoms. The molecule has 0 unspecified atom stereocenters. The van der Waals surface area contributed by atoms with E-state index in [-0.39, 0.29) is 0 Å². The molecule has 0 fully saturated rings. The summed E-state index contributed by atoms with van der Waals surface area (Å²) in [6.45, 7) is 0. The van der Waals surface area contributed by atoms with E-state index < -0.39 is 0 Å². The molecule has 9 nitrogen and oxygen atoms in total. The zero-order valence-corrected chi connectivity index (χ0v) is 57.4. The molecule has 6 heterocycles. The second-order valence-electron chi connectivity index (χ2n) is 27.1. The van der Waals surface area contributed by atoms with E-state index >= 15 is 0 Å². The number of hydrogen-bond donors (Lipinski definition) is 0. The van der Waals surface area contributed by atoms with Gasteiger partial charge in [-0.15, -0.1) is 0 Å². The van der Waals surface area contributed by atoms with Gasteiger partial charge in [-0.3, -0.25) is 0 Å². The Hall–Kier alpha value is -14.5. The fourth-order valence-electron chi connectivity index (χ4n) is 15.6. The lowest BCUT2D eigenvalue weighted by Gasteiger charge is -2.14. The average Bonchev–Trinajstić information content (AvgIpc) is 1.72. The smallest absolute Gasteiger partial charge is 0.136 e. The lowest BCUT2D eigenvalue weighted by molar-refractivity contribution is 0.669. The zero-order chi connectivity index (χ0) is 70.5. The van der Waals surface area contributed by atoms with Crippen LogP contribution in [-0.2, 0) is 0 Å². The van der Waals surface area contributed by atoms with Crippen molar-refractivity contribution in [1.82, 2.24) is 29.9 Å². The fourth-order valence-corrected chi connectivity index (χ4v) is 15.6. The molecule has 23 aromatic rings. The van der Waals surface area contributed by atoms with Crippen molar-refractivity contribution in [2.75, 3.05) is 0 Å². The zero-order valence-electron chi connectivity index (χ0n) is 57.4. The van der Waals surface area contributed by atoms with Crippen LogP contribution in [0.25, 0.3) is 220 Å². The summed E-state index contributed by atoms with van der Waals surface area (Å²) in [6.07, 6.45) is 0. The number of para-hydroxylation sites is 5. The molecular formula is C98H58N6O3. The van der Waals surface area contributed by atoms with Gasteiger partial charge in [0, 0.05) is 76.5 Å². The Morgan fingerprint density at radius 1 is 0.159 bits per heavy atom. The molecule has 0 amide bonds. The van der Waals surface area contributed by atoms with E-state index in [0.29, 0.717) is 0 Å². The average molecular weight is 1370 g/mol. The first kappa shape index (κ1) is 61.2. The van der Waals surface area contributed by atoms with Crippen molar-refractivity contribution in [3.63, 3.8) is 0 Å². The Labute approximate surface area is 611 Å². The lowest BCUT2D eigenvalue weighted by atomic mass is 9.96. The van der Waals surface area contributed by atoms with E-state index in [9.17, 15) is 0 Å². The van der Waals surface area contributed by atoms with Crippen molar-refractivity contribution in [1.29, 1.82) is 0 Å². The van der Waals surface area contributed by atoms with Gasteiger partial charge in [0.15, 0.2) is 0 Å². The molecule has 0 atom stereocenters. The Kier molecular flexibility index (Phi) is 14.4. The molecule has 17 aromatic carbocycles. The van der Waals surface area contributed by atoms with Gasteiger partial charge in [-0.05, 0) is 122 Å². The molecule has 0 aliphatic rings. The van der Waals surface area contributed by atoms with Crippen LogP contribution in [0.2, 0.25) is 0 Å². The van der Waals surface area contributed by atoms with Gasteiger partial charge in [0.2, 0.25) is 0 Å². The predicted octanol–water partition coefficient (Wildman–Crippen LogP) is 26.4.